The van der Waals surface area contributed by atoms with E-state index < -0.39 is 0 Å². The molecule has 0 radical (unpaired) electrons. The van der Waals surface area contributed by atoms with Crippen molar-refractivity contribution in [2.24, 2.45) is 5.92 Å². The van der Waals surface area contributed by atoms with E-state index in [-0.39, 0.29) is 0 Å². The van der Waals surface area contributed by atoms with Crippen LogP contribution in [0.5, 0.6) is 5.75 Å². The van der Waals surface area contributed by atoms with E-state index >= 15 is 0 Å². The molecule has 0 spiro atoms. The molecule has 1 heterocycles. The Kier molecular flexibility index (Phi) is 4.08. The number of hydrogen-bond donors (Lipinski definition) is 1. The standard InChI is InChI=1S/C16H22N4O/c1-12-6-7-16-15(10-12)18-19-20(16)8-3-9-21-14-5-2-4-13(17)11-14/h2,4-5,11-12H,3,6-10,17H2,1H3. The number of aryl methyl sites for hydroxylation is 1. The van der Waals surface area contributed by atoms with Crippen molar-refractivity contribution in [2.45, 2.75) is 39.2 Å². The van der Waals surface area contributed by atoms with E-state index in [4.69, 9.17) is 10.5 Å². The maximum absolute atomic E-state index is 5.73. The zero-order chi connectivity index (χ0) is 14.7. The maximum Gasteiger partial charge on any atom is 0.121 e. The number of rotatable bonds is 5. The summed E-state index contributed by atoms with van der Waals surface area (Å²) in [5, 5.41) is 8.59. The van der Waals surface area contributed by atoms with Crippen LogP contribution >= 0.6 is 0 Å². The van der Waals surface area contributed by atoms with Crippen molar-refractivity contribution in [1.82, 2.24) is 15.0 Å². The zero-order valence-electron chi connectivity index (χ0n) is 12.5. The van der Waals surface area contributed by atoms with Crippen LogP contribution in [-0.4, -0.2) is 21.6 Å². The molecule has 5 heteroatoms. The quantitative estimate of drug-likeness (QED) is 0.677. The largest absolute Gasteiger partial charge is 0.493 e. The molecule has 0 aliphatic heterocycles. The summed E-state index contributed by atoms with van der Waals surface area (Å²) in [4.78, 5) is 0. The van der Waals surface area contributed by atoms with Gasteiger partial charge in [-0.15, -0.1) is 5.10 Å². The van der Waals surface area contributed by atoms with E-state index in [0.717, 1.165) is 43.2 Å². The third kappa shape index (κ3) is 3.35. The molecule has 0 fully saturated rings. The van der Waals surface area contributed by atoms with Gasteiger partial charge >= 0.3 is 0 Å². The van der Waals surface area contributed by atoms with Gasteiger partial charge in [-0.2, -0.15) is 0 Å². The summed E-state index contributed by atoms with van der Waals surface area (Å²) in [6.07, 6.45) is 4.31. The summed E-state index contributed by atoms with van der Waals surface area (Å²) < 4.78 is 7.75. The molecular formula is C16H22N4O. The first kappa shape index (κ1) is 13.9. The summed E-state index contributed by atoms with van der Waals surface area (Å²) in [5.41, 5.74) is 8.96. The molecule has 0 saturated carbocycles. The number of anilines is 1. The molecular weight excluding hydrogens is 264 g/mol. The Morgan fingerprint density at radius 1 is 1.43 bits per heavy atom. The van der Waals surface area contributed by atoms with E-state index in [2.05, 4.69) is 17.2 Å². The summed E-state index contributed by atoms with van der Waals surface area (Å²) in [7, 11) is 0. The molecule has 0 amide bonds. The van der Waals surface area contributed by atoms with Gasteiger partial charge in [0.1, 0.15) is 5.75 Å². The predicted molar refractivity (Wildman–Crippen MR) is 82.2 cm³/mol. The van der Waals surface area contributed by atoms with Crippen molar-refractivity contribution < 1.29 is 4.74 Å². The summed E-state index contributed by atoms with van der Waals surface area (Å²) in [6.45, 7) is 3.80. The van der Waals surface area contributed by atoms with Crippen LogP contribution in [0, 0.1) is 5.92 Å². The molecule has 112 valence electrons. The van der Waals surface area contributed by atoms with Gasteiger partial charge in [0, 0.05) is 24.7 Å². The molecule has 0 saturated heterocycles. The summed E-state index contributed by atoms with van der Waals surface area (Å²) in [6, 6.07) is 7.53. The number of benzene rings is 1. The molecule has 1 aliphatic rings. The molecule has 2 aromatic rings. The number of aromatic nitrogens is 3. The Bertz CT molecular complexity index is 608. The molecule has 0 bridgehead atoms. The second-order valence-corrected chi connectivity index (χ2v) is 5.83. The van der Waals surface area contributed by atoms with E-state index in [1.807, 2.05) is 28.9 Å². The lowest BCUT2D eigenvalue weighted by atomic mass is 9.91. The van der Waals surface area contributed by atoms with Crippen molar-refractivity contribution in [3.8, 4) is 5.75 Å². The van der Waals surface area contributed by atoms with Gasteiger partial charge < -0.3 is 10.5 Å². The molecule has 1 aliphatic carbocycles. The first-order valence-electron chi connectivity index (χ1n) is 7.62. The van der Waals surface area contributed by atoms with Crippen LogP contribution in [0.25, 0.3) is 0 Å². The molecule has 1 aromatic heterocycles. The lowest BCUT2D eigenvalue weighted by Crippen LogP contribution is -2.15. The minimum absolute atomic E-state index is 0.661. The fourth-order valence-corrected chi connectivity index (χ4v) is 2.80. The van der Waals surface area contributed by atoms with Gasteiger partial charge in [-0.05, 0) is 37.3 Å². The first-order chi connectivity index (χ1) is 10.2. The highest BCUT2D eigenvalue weighted by molar-refractivity contribution is 5.43. The fourth-order valence-electron chi connectivity index (χ4n) is 2.80. The molecule has 3 rings (SSSR count). The normalized spacial score (nSPS) is 17.5. The van der Waals surface area contributed by atoms with Gasteiger partial charge in [-0.1, -0.05) is 18.2 Å². The van der Waals surface area contributed by atoms with E-state index in [0.29, 0.717) is 6.61 Å². The Balaban J connectivity index is 1.50. The number of nitrogens with zero attached hydrogens (tertiary/aromatic N) is 3. The van der Waals surface area contributed by atoms with Crippen LogP contribution in [0.15, 0.2) is 24.3 Å². The van der Waals surface area contributed by atoms with E-state index in [9.17, 15) is 0 Å². The highest BCUT2D eigenvalue weighted by Gasteiger charge is 2.20. The minimum atomic E-state index is 0.661. The van der Waals surface area contributed by atoms with Gasteiger partial charge in [0.25, 0.3) is 0 Å². The maximum atomic E-state index is 5.73. The topological polar surface area (TPSA) is 66.0 Å². The van der Waals surface area contributed by atoms with Gasteiger partial charge in [-0.3, -0.25) is 0 Å². The Labute approximate surface area is 125 Å². The van der Waals surface area contributed by atoms with Crippen molar-refractivity contribution in [3.63, 3.8) is 0 Å². The van der Waals surface area contributed by atoms with Crippen molar-refractivity contribution in [1.29, 1.82) is 0 Å². The van der Waals surface area contributed by atoms with Crippen LogP contribution in [-0.2, 0) is 19.4 Å². The molecule has 5 nitrogen and oxygen atoms in total. The number of fused-ring (bicyclic) bond motifs is 1. The van der Waals surface area contributed by atoms with Crippen molar-refractivity contribution >= 4 is 5.69 Å². The van der Waals surface area contributed by atoms with Gasteiger partial charge in [-0.25, -0.2) is 4.68 Å². The average molecular weight is 286 g/mol. The Morgan fingerprint density at radius 2 is 2.33 bits per heavy atom. The Hall–Kier alpha value is -2.04. The van der Waals surface area contributed by atoms with E-state index in [1.54, 1.807) is 0 Å². The third-order valence-electron chi connectivity index (χ3n) is 3.97. The molecule has 2 N–H and O–H groups in total. The minimum Gasteiger partial charge on any atom is -0.493 e. The lowest BCUT2D eigenvalue weighted by molar-refractivity contribution is 0.296. The fraction of sp³-hybridized carbons (Fsp3) is 0.500. The van der Waals surface area contributed by atoms with Crippen molar-refractivity contribution in [3.05, 3.63) is 35.7 Å². The average Bonchev–Trinajstić information content (AvgIpc) is 2.86. The van der Waals surface area contributed by atoms with Gasteiger partial charge in [0.2, 0.25) is 0 Å². The molecule has 1 aromatic carbocycles. The predicted octanol–water partition coefficient (Wildman–Crippen LogP) is 2.45. The first-order valence-corrected chi connectivity index (χ1v) is 7.62. The second-order valence-electron chi connectivity index (χ2n) is 5.83. The molecule has 21 heavy (non-hydrogen) atoms. The lowest BCUT2D eigenvalue weighted by Gasteiger charge is -2.17. The van der Waals surface area contributed by atoms with Gasteiger partial charge in [0.05, 0.1) is 18.0 Å². The van der Waals surface area contributed by atoms with Crippen LogP contribution in [0.2, 0.25) is 0 Å². The van der Waals surface area contributed by atoms with Crippen molar-refractivity contribution in [2.75, 3.05) is 12.3 Å². The Morgan fingerprint density at radius 3 is 3.19 bits per heavy atom. The van der Waals surface area contributed by atoms with Crippen LogP contribution in [0.1, 0.15) is 31.2 Å². The zero-order valence-corrected chi connectivity index (χ0v) is 12.5. The van der Waals surface area contributed by atoms with Crippen LogP contribution < -0.4 is 10.5 Å². The third-order valence-corrected chi connectivity index (χ3v) is 3.97. The number of nitrogen functional groups attached to an aromatic ring is 1. The number of ether oxygens (including phenoxy) is 1. The monoisotopic (exact) mass is 286 g/mol. The van der Waals surface area contributed by atoms with Crippen LogP contribution in [0.3, 0.4) is 0 Å². The SMILES string of the molecule is CC1CCc2c(nnn2CCCOc2cccc(N)c2)C1. The number of nitrogens with two attached hydrogens (primary N) is 1. The smallest absolute Gasteiger partial charge is 0.121 e. The molecule has 1 unspecified atom stereocenters. The highest BCUT2D eigenvalue weighted by Crippen LogP contribution is 2.23. The second kappa shape index (κ2) is 6.16. The van der Waals surface area contributed by atoms with E-state index in [1.165, 1.54) is 17.8 Å². The highest BCUT2D eigenvalue weighted by atomic mass is 16.5. The number of hydrogen-bond acceptors (Lipinski definition) is 4. The summed E-state index contributed by atoms with van der Waals surface area (Å²) >= 11 is 0. The molecule has 1 atom stereocenters. The summed E-state index contributed by atoms with van der Waals surface area (Å²) in [5.74, 6) is 1.55. The van der Waals surface area contributed by atoms with Crippen LogP contribution in [0.4, 0.5) is 5.69 Å². The van der Waals surface area contributed by atoms with Gasteiger partial charge in [0.15, 0.2) is 0 Å².